The van der Waals surface area contributed by atoms with E-state index < -0.39 is 0 Å². The van der Waals surface area contributed by atoms with Crippen LogP contribution in [0, 0.1) is 0 Å². The number of methoxy groups -OCH3 is 2. The summed E-state index contributed by atoms with van der Waals surface area (Å²) in [5.74, 6) is 1.35. The van der Waals surface area contributed by atoms with Gasteiger partial charge in [0.2, 0.25) is 0 Å². The summed E-state index contributed by atoms with van der Waals surface area (Å²) in [6.07, 6.45) is 14.0. The van der Waals surface area contributed by atoms with Gasteiger partial charge in [-0.15, -0.1) is 0 Å². The predicted molar refractivity (Wildman–Crippen MR) is 117 cm³/mol. The predicted octanol–water partition coefficient (Wildman–Crippen LogP) is 5.65. The zero-order valence-electron chi connectivity index (χ0n) is 16.7. The summed E-state index contributed by atoms with van der Waals surface area (Å²) in [6.45, 7) is 0. The lowest BCUT2D eigenvalue weighted by Gasteiger charge is -2.13. The minimum Gasteiger partial charge on any atom is -0.493 e. The van der Waals surface area contributed by atoms with Gasteiger partial charge in [-0.3, -0.25) is 5.43 Å². The van der Waals surface area contributed by atoms with E-state index in [1.54, 1.807) is 14.2 Å². The second kappa shape index (κ2) is 12.5. The number of nitrogens with zero attached hydrogens (tertiary/aromatic N) is 1. The molecule has 1 fully saturated rings. The van der Waals surface area contributed by atoms with Gasteiger partial charge in [0.05, 0.1) is 14.2 Å². The Kier molecular flexibility index (Phi) is 9.98. The summed E-state index contributed by atoms with van der Waals surface area (Å²) in [7, 11) is 3.24. The van der Waals surface area contributed by atoms with Crippen LogP contribution in [-0.2, 0) is 0 Å². The topological polar surface area (TPSA) is 54.9 Å². The molecule has 0 aromatic heterocycles. The number of ether oxygens (including phenoxy) is 2. The van der Waals surface area contributed by atoms with Crippen molar-refractivity contribution in [3.8, 4) is 11.5 Å². The molecule has 0 saturated heterocycles. The standard InChI is InChI=1S/C21H33N3O2S/c1-25-19-15-14-18(16-20(19)26-2)22-21(27)24-23-17-12-10-8-6-4-3-5-7-9-11-13-17/h14-16H,3-13H2,1-2H3,(H2,22,24,27). The fraction of sp³-hybridized carbons (Fsp3) is 0.619. The normalized spacial score (nSPS) is 16.4. The van der Waals surface area contributed by atoms with Crippen molar-refractivity contribution < 1.29 is 9.47 Å². The molecule has 0 atom stereocenters. The maximum absolute atomic E-state index is 5.39. The highest BCUT2D eigenvalue weighted by atomic mass is 32.1. The minimum atomic E-state index is 0.487. The van der Waals surface area contributed by atoms with Crippen LogP contribution in [0.2, 0.25) is 0 Å². The Hall–Kier alpha value is -1.82. The molecule has 27 heavy (non-hydrogen) atoms. The number of thiocarbonyl (C=S) groups is 1. The molecule has 150 valence electrons. The monoisotopic (exact) mass is 391 g/mol. The van der Waals surface area contributed by atoms with E-state index in [0.717, 1.165) is 18.5 Å². The maximum atomic E-state index is 5.39. The molecule has 2 N–H and O–H groups in total. The van der Waals surface area contributed by atoms with Crippen molar-refractivity contribution in [2.45, 2.75) is 70.6 Å². The maximum Gasteiger partial charge on any atom is 0.191 e. The summed E-state index contributed by atoms with van der Waals surface area (Å²) < 4.78 is 10.6. The first-order valence-corrected chi connectivity index (χ1v) is 10.5. The number of anilines is 1. The van der Waals surface area contributed by atoms with Crippen molar-refractivity contribution >= 4 is 28.7 Å². The molecule has 0 spiro atoms. The first-order valence-electron chi connectivity index (χ1n) is 10.1. The fourth-order valence-electron chi connectivity index (χ4n) is 3.34. The lowest BCUT2D eigenvalue weighted by molar-refractivity contribution is 0.355. The largest absolute Gasteiger partial charge is 0.493 e. The zero-order chi connectivity index (χ0) is 19.3. The second-order valence-electron chi connectivity index (χ2n) is 7.00. The van der Waals surface area contributed by atoms with Gasteiger partial charge >= 0.3 is 0 Å². The number of hydrogen-bond donors (Lipinski definition) is 2. The van der Waals surface area contributed by atoms with Crippen molar-refractivity contribution in [1.82, 2.24) is 5.43 Å². The highest BCUT2D eigenvalue weighted by molar-refractivity contribution is 7.80. The second-order valence-corrected chi connectivity index (χ2v) is 7.40. The molecule has 0 aliphatic heterocycles. The number of benzene rings is 1. The number of nitrogens with one attached hydrogen (secondary N) is 2. The third-order valence-electron chi connectivity index (χ3n) is 4.89. The average Bonchev–Trinajstić information content (AvgIpc) is 2.67. The van der Waals surface area contributed by atoms with E-state index >= 15 is 0 Å². The Morgan fingerprint density at radius 3 is 1.96 bits per heavy atom. The van der Waals surface area contributed by atoms with Gasteiger partial charge in [-0.2, -0.15) is 5.10 Å². The Morgan fingerprint density at radius 2 is 1.41 bits per heavy atom. The van der Waals surface area contributed by atoms with Crippen LogP contribution in [0.1, 0.15) is 70.6 Å². The molecule has 1 saturated carbocycles. The summed E-state index contributed by atoms with van der Waals surface area (Å²) in [6, 6.07) is 5.61. The van der Waals surface area contributed by atoms with Crippen LogP contribution in [0.15, 0.2) is 23.3 Å². The van der Waals surface area contributed by atoms with E-state index in [1.807, 2.05) is 18.2 Å². The van der Waals surface area contributed by atoms with Gasteiger partial charge < -0.3 is 14.8 Å². The lowest BCUT2D eigenvalue weighted by atomic mass is 10.00. The highest BCUT2D eigenvalue weighted by Gasteiger charge is 2.07. The van der Waals surface area contributed by atoms with Gasteiger partial charge in [0.1, 0.15) is 0 Å². The quantitative estimate of drug-likeness (QED) is 0.513. The molecule has 1 aliphatic rings. The third kappa shape index (κ3) is 8.16. The molecule has 1 aromatic carbocycles. The molecular formula is C21H33N3O2S. The third-order valence-corrected chi connectivity index (χ3v) is 5.08. The number of hydrogen-bond acceptors (Lipinski definition) is 4. The van der Waals surface area contributed by atoms with Crippen LogP contribution >= 0.6 is 12.2 Å². The Morgan fingerprint density at radius 1 is 0.852 bits per heavy atom. The van der Waals surface area contributed by atoms with Crippen LogP contribution in [-0.4, -0.2) is 25.0 Å². The number of rotatable bonds is 4. The van der Waals surface area contributed by atoms with Gasteiger partial charge in [0.15, 0.2) is 16.6 Å². The molecule has 0 radical (unpaired) electrons. The average molecular weight is 392 g/mol. The first-order chi connectivity index (χ1) is 13.2. The van der Waals surface area contributed by atoms with Crippen molar-refractivity contribution in [2.24, 2.45) is 5.10 Å². The molecule has 0 heterocycles. The summed E-state index contributed by atoms with van der Waals surface area (Å²) >= 11 is 5.39. The minimum absolute atomic E-state index is 0.487. The summed E-state index contributed by atoms with van der Waals surface area (Å²) in [5.41, 5.74) is 5.08. The highest BCUT2D eigenvalue weighted by Crippen LogP contribution is 2.29. The van der Waals surface area contributed by atoms with Crippen molar-refractivity contribution in [3.05, 3.63) is 18.2 Å². The van der Waals surface area contributed by atoms with Crippen LogP contribution in [0.25, 0.3) is 0 Å². The van der Waals surface area contributed by atoms with Crippen molar-refractivity contribution in [2.75, 3.05) is 19.5 Å². The van der Waals surface area contributed by atoms with Crippen LogP contribution in [0.3, 0.4) is 0 Å². The van der Waals surface area contributed by atoms with Crippen molar-refractivity contribution in [3.63, 3.8) is 0 Å². The SMILES string of the molecule is COc1ccc(NC(=S)NN=C2CCCCCCCCCCC2)cc1OC. The lowest BCUT2D eigenvalue weighted by Crippen LogP contribution is -2.25. The molecule has 0 bridgehead atoms. The first kappa shape index (κ1) is 21.5. The zero-order valence-corrected chi connectivity index (χ0v) is 17.5. The Bertz CT molecular complexity index is 605. The van der Waals surface area contributed by atoms with E-state index in [2.05, 4.69) is 15.8 Å². The van der Waals surface area contributed by atoms with Crippen LogP contribution in [0.4, 0.5) is 5.69 Å². The van der Waals surface area contributed by atoms with Crippen LogP contribution in [0.5, 0.6) is 11.5 Å². The molecular weight excluding hydrogens is 358 g/mol. The fourth-order valence-corrected chi connectivity index (χ4v) is 3.50. The Labute approximate surface area is 168 Å². The van der Waals surface area contributed by atoms with E-state index in [-0.39, 0.29) is 0 Å². The van der Waals surface area contributed by atoms with Gasteiger partial charge in [-0.1, -0.05) is 44.9 Å². The molecule has 2 rings (SSSR count). The van der Waals surface area contributed by atoms with E-state index in [0.29, 0.717) is 16.6 Å². The van der Waals surface area contributed by atoms with E-state index in [9.17, 15) is 0 Å². The van der Waals surface area contributed by atoms with Gasteiger partial charge in [0, 0.05) is 17.5 Å². The summed E-state index contributed by atoms with van der Waals surface area (Å²) in [5, 5.41) is 8.23. The van der Waals surface area contributed by atoms with E-state index in [4.69, 9.17) is 21.7 Å². The van der Waals surface area contributed by atoms with Gasteiger partial charge in [-0.25, -0.2) is 0 Å². The molecule has 0 unspecified atom stereocenters. The summed E-state index contributed by atoms with van der Waals surface area (Å²) in [4.78, 5) is 0. The van der Waals surface area contributed by atoms with Crippen LogP contribution < -0.4 is 20.2 Å². The molecule has 1 aromatic rings. The molecule has 0 amide bonds. The number of hydrazone groups is 1. The van der Waals surface area contributed by atoms with Gasteiger partial charge in [-0.05, 0) is 50.0 Å². The van der Waals surface area contributed by atoms with E-state index in [1.165, 1.54) is 63.5 Å². The Balaban J connectivity index is 1.88. The smallest absolute Gasteiger partial charge is 0.191 e. The van der Waals surface area contributed by atoms with Gasteiger partial charge in [0.25, 0.3) is 0 Å². The molecule has 5 nitrogen and oxygen atoms in total. The molecule has 1 aliphatic carbocycles. The van der Waals surface area contributed by atoms with Crippen molar-refractivity contribution in [1.29, 1.82) is 0 Å². The molecule has 6 heteroatoms.